The van der Waals surface area contributed by atoms with Crippen LogP contribution in [0.4, 0.5) is 14.5 Å². The number of hydrogen-bond acceptors (Lipinski definition) is 6. The molecule has 1 N–H and O–H groups in total. The quantitative estimate of drug-likeness (QED) is 0.386. The Balaban J connectivity index is 1.50. The first-order chi connectivity index (χ1) is 15.8. The predicted molar refractivity (Wildman–Crippen MR) is 116 cm³/mol. The van der Waals surface area contributed by atoms with Crippen molar-refractivity contribution in [1.82, 2.24) is 14.7 Å². The van der Waals surface area contributed by atoms with Gasteiger partial charge in [-0.2, -0.15) is 4.98 Å². The topological polar surface area (TPSA) is 91.4 Å². The molecule has 0 radical (unpaired) electrons. The zero-order valence-corrected chi connectivity index (χ0v) is 18.0. The van der Waals surface area contributed by atoms with E-state index in [0.29, 0.717) is 34.9 Å². The van der Waals surface area contributed by atoms with E-state index in [9.17, 15) is 13.6 Å². The maximum absolute atomic E-state index is 13.0. The number of alkyl halides is 3. The van der Waals surface area contributed by atoms with Gasteiger partial charge in [-0.05, 0) is 43.3 Å². The number of amides is 1. The first-order valence-corrected chi connectivity index (χ1v) is 10.4. The number of carbonyl (C=O) groups is 1. The number of carbonyl (C=O) groups excluding carboxylic acids is 1. The summed E-state index contributed by atoms with van der Waals surface area (Å²) in [6.45, 7) is 2.65. The summed E-state index contributed by atoms with van der Waals surface area (Å²) in [6, 6.07) is 9.48. The van der Waals surface area contributed by atoms with E-state index in [2.05, 4.69) is 27.1 Å². The van der Waals surface area contributed by atoms with Gasteiger partial charge >= 0.3 is 5.57 Å². The second-order valence-corrected chi connectivity index (χ2v) is 8.02. The molecule has 0 unspecified atom stereocenters. The Hall–Kier alpha value is -3.66. The number of rotatable bonds is 5. The standard InChI is InChI=1S/C22H17ClF2N4O4/c1-12-6-7-31-21-28-18-9-13(8-17(19(18)29(12)21)14-10-26-32-11-14)20(30)27-15-2-4-16(5-3-15)33-22(23,24)25/h2-5,8-12H,6-7H2,1H3,(H,27,30)/t12-/m1/s1. The molecular formula is C22H17ClF2N4O4. The van der Waals surface area contributed by atoms with E-state index in [-0.39, 0.29) is 11.8 Å². The third kappa shape index (κ3) is 4.21. The van der Waals surface area contributed by atoms with E-state index in [1.54, 1.807) is 18.3 Å². The van der Waals surface area contributed by atoms with Crippen molar-refractivity contribution in [3.8, 4) is 22.9 Å². The van der Waals surface area contributed by atoms with E-state index in [0.717, 1.165) is 17.5 Å². The number of imidazole rings is 1. The van der Waals surface area contributed by atoms with Crippen molar-refractivity contribution in [2.24, 2.45) is 0 Å². The molecule has 1 amide bonds. The zero-order chi connectivity index (χ0) is 23.2. The average Bonchev–Trinajstić information content (AvgIpc) is 3.41. The minimum absolute atomic E-state index is 0.137. The minimum atomic E-state index is -3.82. The third-order valence-electron chi connectivity index (χ3n) is 5.31. The molecule has 1 atom stereocenters. The number of anilines is 1. The monoisotopic (exact) mass is 474 g/mol. The Morgan fingerprint density at radius 1 is 1.30 bits per heavy atom. The molecular weight excluding hydrogens is 458 g/mol. The number of nitrogens with one attached hydrogen (secondary N) is 1. The molecule has 2 aromatic carbocycles. The highest BCUT2D eigenvalue weighted by atomic mass is 35.5. The molecule has 0 spiro atoms. The van der Waals surface area contributed by atoms with Crippen LogP contribution in [0.5, 0.6) is 11.8 Å². The smallest absolute Gasteiger partial charge is 0.465 e. The van der Waals surface area contributed by atoms with Crippen LogP contribution < -0.4 is 14.8 Å². The van der Waals surface area contributed by atoms with Gasteiger partial charge in [0.25, 0.3) is 11.9 Å². The second kappa shape index (κ2) is 8.04. The Labute approximate surface area is 191 Å². The van der Waals surface area contributed by atoms with Crippen molar-refractivity contribution < 1.29 is 27.6 Å². The maximum Gasteiger partial charge on any atom is 0.487 e. The lowest BCUT2D eigenvalue weighted by atomic mass is 10.0. The minimum Gasteiger partial charge on any atom is -0.465 e. The molecule has 11 heteroatoms. The SMILES string of the molecule is C[C@@H]1CCOc2nc3cc(C(=O)Nc4ccc(OC(F)(F)Cl)cc4)cc(-c4cnoc4)c3n21. The van der Waals surface area contributed by atoms with E-state index < -0.39 is 11.5 Å². The van der Waals surface area contributed by atoms with Crippen LogP contribution in [0.25, 0.3) is 22.2 Å². The molecule has 0 saturated carbocycles. The highest BCUT2D eigenvalue weighted by Crippen LogP contribution is 2.38. The molecule has 1 aliphatic rings. The number of fused-ring (bicyclic) bond motifs is 3. The van der Waals surface area contributed by atoms with Gasteiger partial charge in [-0.1, -0.05) is 5.16 Å². The first-order valence-electron chi connectivity index (χ1n) is 10.0. The van der Waals surface area contributed by atoms with Crippen LogP contribution in [0.3, 0.4) is 0 Å². The molecule has 0 aliphatic carbocycles. The molecule has 3 heterocycles. The Morgan fingerprint density at radius 3 is 2.79 bits per heavy atom. The molecule has 33 heavy (non-hydrogen) atoms. The van der Waals surface area contributed by atoms with E-state index >= 15 is 0 Å². The summed E-state index contributed by atoms with van der Waals surface area (Å²) >= 11 is 4.77. The lowest BCUT2D eigenvalue weighted by Crippen LogP contribution is -2.18. The first kappa shape index (κ1) is 21.2. The number of halogens is 3. The third-order valence-corrected chi connectivity index (χ3v) is 5.39. The largest absolute Gasteiger partial charge is 0.487 e. The van der Waals surface area contributed by atoms with Crippen LogP contribution in [0, 0.1) is 0 Å². The van der Waals surface area contributed by atoms with Gasteiger partial charge < -0.3 is 19.3 Å². The van der Waals surface area contributed by atoms with Crippen molar-refractivity contribution in [1.29, 1.82) is 0 Å². The number of nitrogens with zero attached hydrogens (tertiary/aromatic N) is 3. The molecule has 8 nitrogen and oxygen atoms in total. The van der Waals surface area contributed by atoms with Gasteiger partial charge in [0.1, 0.15) is 12.0 Å². The van der Waals surface area contributed by atoms with Gasteiger partial charge in [-0.3, -0.25) is 9.36 Å². The van der Waals surface area contributed by atoms with Crippen molar-refractivity contribution in [2.45, 2.75) is 25.0 Å². The lowest BCUT2D eigenvalue weighted by molar-refractivity contribution is -0.0964. The fourth-order valence-electron chi connectivity index (χ4n) is 3.80. The normalized spacial score (nSPS) is 15.7. The van der Waals surface area contributed by atoms with Crippen molar-refractivity contribution in [3.63, 3.8) is 0 Å². The molecule has 1 aliphatic heterocycles. The summed E-state index contributed by atoms with van der Waals surface area (Å²) in [5, 5.41) is 6.52. The van der Waals surface area contributed by atoms with Gasteiger partial charge in [0.05, 0.1) is 23.8 Å². The van der Waals surface area contributed by atoms with Crippen LogP contribution in [0.15, 0.2) is 53.4 Å². The maximum atomic E-state index is 13.0. The second-order valence-electron chi connectivity index (χ2n) is 7.58. The van der Waals surface area contributed by atoms with Crippen molar-refractivity contribution in [2.75, 3.05) is 11.9 Å². The van der Waals surface area contributed by atoms with Crippen LogP contribution in [0.1, 0.15) is 29.7 Å². The van der Waals surface area contributed by atoms with Crippen LogP contribution >= 0.6 is 11.6 Å². The zero-order valence-electron chi connectivity index (χ0n) is 17.2. The number of ether oxygens (including phenoxy) is 2. The highest BCUT2D eigenvalue weighted by Gasteiger charge is 2.28. The fraction of sp³-hybridized carbons (Fsp3) is 0.227. The van der Waals surface area contributed by atoms with E-state index in [4.69, 9.17) is 20.9 Å². The number of aromatic nitrogens is 3. The van der Waals surface area contributed by atoms with Crippen LogP contribution in [-0.4, -0.2) is 32.8 Å². The average molecular weight is 475 g/mol. The molecule has 5 rings (SSSR count). The molecule has 4 aromatic rings. The summed E-state index contributed by atoms with van der Waals surface area (Å²) in [5.41, 5.74) is -0.256. The van der Waals surface area contributed by atoms with Crippen LogP contribution in [-0.2, 0) is 0 Å². The van der Waals surface area contributed by atoms with Gasteiger partial charge in [0, 0.05) is 46.4 Å². The van der Waals surface area contributed by atoms with Crippen molar-refractivity contribution in [3.05, 3.63) is 54.4 Å². The molecule has 2 aromatic heterocycles. The Kier molecular flexibility index (Phi) is 5.16. The number of benzene rings is 2. The molecule has 0 fully saturated rings. The van der Waals surface area contributed by atoms with Gasteiger partial charge in [-0.15, -0.1) is 8.78 Å². The van der Waals surface area contributed by atoms with Gasteiger partial charge in [-0.25, -0.2) is 0 Å². The van der Waals surface area contributed by atoms with Crippen molar-refractivity contribution >= 4 is 34.2 Å². The molecule has 170 valence electrons. The van der Waals surface area contributed by atoms with Crippen LogP contribution in [0.2, 0.25) is 0 Å². The van der Waals surface area contributed by atoms with Gasteiger partial charge in [0.2, 0.25) is 0 Å². The molecule has 0 saturated heterocycles. The fourth-order valence-corrected chi connectivity index (χ4v) is 3.89. The predicted octanol–water partition coefficient (Wildman–Crippen LogP) is 5.46. The summed E-state index contributed by atoms with van der Waals surface area (Å²) in [6.07, 6.45) is 3.89. The number of hydrogen-bond donors (Lipinski definition) is 1. The summed E-state index contributed by atoms with van der Waals surface area (Å²) in [7, 11) is 0. The lowest BCUT2D eigenvalue weighted by Gasteiger charge is -2.23. The van der Waals surface area contributed by atoms with E-state index in [1.807, 2.05) is 4.57 Å². The van der Waals surface area contributed by atoms with E-state index in [1.165, 1.54) is 30.5 Å². The Morgan fingerprint density at radius 2 is 2.09 bits per heavy atom. The molecule has 0 bridgehead atoms. The van der Waals surface area contributed by atoms with Gasteiger partial charge in [0.15, 0.2) is 0 Å². The summed E-state index contributed by atoms with van der Waals surface area (Å²) in [4.78, 5) is 17.6. The highest BCUT2D eigenvalue weighted by molar-refractivity contribution is 6.20. The summed E-state index contributed by atoms with van der Waals surface area (Å²) in [5.74, 6) is -0.548. The Bertz CT molecular complexity index is 1320. The summed E-state index contributed by atoms with van der Waals surface area (Å²) < 4.78 is 42.6.